The van der Waals surface area contributed by atoms with E-state index >= 15 is 0 Å². The number of hydrogen-bond acceptors (Lipinski definition) is 7. The summed E-state index contributed by atoms with van der Waals surface area (Å²) in [6.07, 6.45) is 9.05. The normalized spacial score (nSPS) is 17.4. The Kier molecular flexibility index (Phi) is 9.77. The number of unbranched alkanes of at least 4 members (excludes halogenated alkanes) is 7. The molecule has 0 aromatic heterocycles. The van der Waals surface area contributed by atoms with Crippen LogP contribution < -0.4 is 21.1 Å². The highest BCUT2D eigenvalue weighted by molar-refractivity contribution is 6.24. The molecule has 0 radical (unpaired) electrons. The Hall–Kier alpha value is -3.27. The summed E-state index contributed by atoms with van der Waals surface area (Å²) in [5.74, 6) is -2.60. The first-order valence-electron chi connectivity index (χ1n) is 12.4. The Labute approximate surface area is 204 Å². The van der Waals surface area contributed by atoms with E-state index in [1.54, 1.807) is 6.07 Å². The first kappa shape index (κ1) is 26.3. The maximum Gasteiger partial charge on any atom is 0.266 e. The van der Waals surface area contributed by atoms with Gasteiger partial charge in [0.2, 0.25) is 11.8 Å². The van der Waals surface area contributed by atoms with Crippen molar-refractivity contribution in [3.05, 3.63) is 29.3 Å². The summed E-state index contributed by atoms with van der Waals surface area (Å²) in [6.45, 7) is 1.01. The van der Waals surface area contributed by atoms with Crippen LogP contribution in [0.4, 0.5) is 0 Å². The summed E-state index contributed by atoms with van der Waals surface area (Å²) < 4.78 is 5.58. The Morgan fingerprint density at radius 1 is 1.00 bits per heavy atom. The van der Waals surface area contributed by atoms with E-state index in [-0.39, 0.29) is 42.2 Å². The summed E-state index contributed by atoms with van der Waals surface area (Å²) in [7, 11) is 0. The lowest BCUT2D eigenvalue weighted by Crippen LogP contribution is -2.54. The van der Waals surface area contributed by atoms with Crippen LogP contribution in [0.1, 0.15) is 84.9 Å². The molecular formula is C25H34N4O6. The summed E-state index contributed by atoms with van der Waals surface area (Å²) in [6, 6.07) is 3.49. The summed E-state index contributed by atoms with van der Waals surface area (Å²) >= 11 is 0. The molecule has 0 saturated carbocycles. The molecule has 10 heteroatoms. The number of nitrogens with zero attached hydrogens (tertiary/aromatic N) is 1. The molecule has 1 unspecified atom stereocenters. The Balaban J connectivity index is 1.44. The van der Waals surface area contributed by atoms with Crippen LogP contribution in [0.3, 0.4) is 0 Å². The number of benzene rings is 1. The highest BCUT2D eigenvalue weighted by atomic mass is 16.5. The second kappa shape index (κ2) is 13.0. The number of carbonyl (C=O) groups excluding carboxylic acids is 5. The lowest BCUT2D eigenvalue weighted by atomic mass is 10.0. The van der Waals surface area contributed by atoms with Crippen molar-refractivity contribution in [2.24, 2.45) is 5.73 Å². The summed E-state index contributed by atoms with van der Waals surface area (Å²) in [4.78, 5) is 62.6. The van der Waals surface area contributed by atoms with Gasteiger partial charge < -0.3 is 15.8 Å². The van der Waals surface area contributed by atoms with Gasteiger partial charge in [0.25, 0.3) is 17.7 Å². The first-order chi connectivity index (χ1) is 16.9. The maximum absolute atomic E-state index is 13.0. The van der Waals surface area contributed by atoms with E-state index in [9.17, 15) is 24.0 Å². The number of fused-ring (bicyclic) bond motifs is 1. The minimum Gasteiger partial charge on any atom is -0.483 e. The zero-order valence-electron chi connectivity index (χ0n) is 20.0. The van der Waals surface area contributed by atoms with Crippen LogP contribution in [-0.4, -0.2) is 60.2 Å². The fourth-order valence-electron chi connectivity index (χ4n) is 4.36. The molecule has 2 aliphatic heterocycles. The van der Waals surface area contributed by atoms with Crippen LogP contribution in [0.15, 0.2) is 18.2 Å². The van der Waals surface area contributed by atoms with Crippen molar-refractivity contribution in [2.45, 2.75) is 70.3 Å². The van der Waals surface area contributed by atoms with Gasteiger partial charge in [0.1, 0.15) is 11.8 Å². The highest BCUT2D eigenvalue weighted by Gasteiger charge is 2.46. The fourth-order valence-corrected chi connectivity index (χ4v) is 4.36. The van der Waals surface area contributed by atoms with Crippen LogP contribution in [0, 0.1) is 0 Å². The minimum absolute atomic E-state index is 0.0291. The van der Waals surface area contributed by atoms with E-state index in [0.717, 1.165) is 37.1 Å². The Morgan fingerprint density at radius 3 is 2.37 bits per heavy atom. The van der Waals surface area contributed by atoms with E-state index in [4.69, 9.17) is 10.5 Å². The van der Waals surface area contributed by atoms with Gasteiger partial charge in [-0.15, -0.1) is 0 Å². The molecule has 2 heterocycles. The van der Waals surface area contributed by atoms with Gasteiger partial charge in [-0.1, -0.05) is 44.6 Å². The van der Waals surface area contributed by atoms with E-state index in [0.29, 0.717) is 6.54 Å². The molecule has 4 N–H and O–H groups in total. The molecule has 35 heavy (non-hydrogen) atoms. The fraction of sp³-hybridized carbons (Fsp3) is 0.560. The first-order valence-corrected chi connectivity index (χ1v) is 12.4. The number of nitrogens with two attached hydrogens (primary N) is 1. The molecule has 1 aromatic rings. The number of ether oxygens (including phenoxy) is 1. The van der Waals surface area contributed by atoms with Crippen molar-refractivity contribution in [3.63, 3.8) is 0 Å². The van der Waals surface area contributed by atoms with Gasteiger partial charge in [0.05, 0.1) is 11.1 Å². The standard InChI is InChI=1S/C25H34N4O6/c26-14-7-5-3-1-2-4-6-8-15-27-21(31)16-35-19-11-9-10-17-22(19)25(34)29(24(17)33)18-12-13-20(30)28-23(18)32/h9-11,18H,1-8,12-16,26H2,(H,27,31)(H,28,30,32). The third-order valence-corrected chi connectivity index (χ3v) is 6.24. The Morgan fingerprint density at radius 2 is 1.69 bits per heavy atom. The third kappa shape index (κ3) is 6.88. The van der Waals surface area contributed by atoms with Gasteiger partial charge in [-0.3, -0.25) is 34.2 Å². The molecular weight excluding hydrogens is 452 g/mol. The quantitative estimate of drug-likeness (QED) is 0.267. The molecule has 1 saturated heterocycles. The molecule has 1 fully saturated rings. The Bertz CT molecular complexity index is 963. The number of nitrogens with one attached hydrogen (secondary N) is 2. The third-order valence-electron chi connectivity index (χ3n) is 6.24. The van der Waals surface area contributed by atoms with Crippen molar-refractivity contribution in [3.8, 4) is 5.75 Å². The van der Waals surface area contributed by atoms with E-state index in [2.05, 4.69) is 10.6 Å². The molecule has 1 atom stereocenters. The zero-order chi connectivity index (χ0) is 25.2. The van der Waals surface area contributed by atoms with Crippen LogP contribution in [0.5, 0.6) is 5.75 Å². The molecule has 5 amide bonds. The molecule has 190 valence electrons. The molecule has 2 aliphatic rings. The molecule has 10 nitrogen and oxygen atoms in total. The van der Waals surface area contributed by atoms with Gasteiger partial charge >= 0.3 is 0 Å². The monoisotopic (exact) mass is 486 g/mol. The average molecular weight is 487 g/mol. The molecule has 0 aliphatic carbocycles. The number of carbonyl (C=O) groups is 5. The predicted molar refractivity (Wildman–Crippen MR) is 128 cm³/mol. The van der Waals surface area contributed by atoms with Gasteiger partial charge in [-0.05, 0) is 37.9 Å². The number of amides is 5. The van der Waals surface area contributed by atoms with Crippen molar-refractivity contribution < 1.29 is 28.7 Å². The second-order valence-electron chi connectivity index (χ2n) is 8.88. The number of rotatable bonds is 14. The van der Waals surface area contributed by atoms with Crippen LogP contribution >= 0.6 is 0 Å². The summed E-state index contributed by atoms with van der Waals surface area (Å²) in [5.41, 5.74) is 5.63. The van der Waals surface area contributed by atoms with Crippen LogP contribution in [-0.2, 0) is 14.4 Å². The van der Waals surface area contributed by atoms with Gasteiger partial charge in [0.15, 0.2) is 6.61 Å². The van der Waals surface area contributed by atoms with Crippen molar-refractivity contribution in [1.82, 2.24) is 15.5 Å². The highest BCUT2D eigenvalue weighted by Crippen LogP contribution is 2.33. The van der Waals surface area contributed by atoms with E-state index in [1.165, 1.54) is 37.8 Å². The molecule has 0 spiro atoms. The molecule has 0 bridgehead atoms. The van der Waals surface area contributed by atoms with Crippen molar-refractivity contribution in [1.29, 1.82) is 0 Å². The molecule has 1 aromatic carbocycles. The smallest absolute Gasteiger partial charge is 0.266 e. The average Bonchev–Trinajstić information content (AvgIpc) is 3.09. The topological polar surface area (TPSA) is 148 Å². The van der Waals surface area contributed by atoms with Crippen molar-refractivity contribution in [2.75, 3.05) is 19.7 Å². The number of piperidine rings is 1. The van der Waals surface area contributed by atoms with E-state index < -0.39 is 29.7 Å². The number of hydrogen-bond donors (Lipinski definition) is 3. The lowest BCUT2D eigenvalue weighted by molar-refractivity contribution is -0.136. The second-order valence-corrected chi connectivity index (χ2v) is 8.88. The largest absolute Gasteiger partial charge is 0.483 e. The van der Waals surface area contributed by atoms with Gasteiger partial charge in [-0.2, -0.15) is 0 Å². The SMILES string of the molecule is NCCCCCCCCCCNC(=O)COc1cccc2c1C(=O)N(C1CCC(=O)NC1=O)C2=O. The van der Waals surface area contributed by atoms with E-state index in [1.807, 2.05) is 0 Å². The molecule has 3 rings (SSSR count). The minimum atomic E-state index is -1.05. The zero-order valence-corrected chi connectivity index (χ0v) is 20.0. The number of imide groups is 2. The maximum atomic E-state index is 13.0. The van der Waals surface area contributed by atoms with Crippen LogP contribution in [0.2, 0.25) is 0 Å². The van der Waals surface area contributed by atoms with Crippen molar-refractivity contribution >= 4 is 29.5 Å². The lowest BCUT2D eigenvalue weighted by Gasteiger charge is -2.27. The predicted octanol–water partition coefficient (Wildman–Crippen LogP) is 1.66. The summed E-state index contributed by atoms with van der Waals surface area (Å²) in [5, 5.41) is 4.97. The van der Waals surface area contributed by atoms with Gasteiger partial charge in [-0.25, -0.2) is 0 Å². The van der Waals surface area contributed by atoms with Gasteiger partial charge in [0, 0.05) is 13.0 Å². The van der Waals surface area contributed by atoms with Crippen LogP contribution in [0.25, 0.3) is 0 Å².